The fraction of sp³-hybridized carbons (Fsp3) is 0.600. The molecule has 0 amide bonds. The summed E-state index contributed by atoms with van der Waals surface area (Å²) in [5.41, 5.74) is 0. The minimum atomic E-state index is 0.540. The van der Waals surface area contributed by atoms with Crippen molar-refractivity contribution in [3.63, 3.8) is 0 Å². The van der Waals surface area contributed by atoms with Crippen LogP contribution in [-0.2, 0) is 0 Å². The lowest BCUT2D eigenvalue weighted by Crippen LogP contribution is -2.32. The second-order valence-electron chi connectivity index (χ2n) is 4.18. The quantitative estimate of drug-likeness (QED) is 0.664. The van der Waals surface area contributed by atoms with Gasteiger partial charge in [0.1, 0.15) is 17.3 Å². The molecular weight excluding hydrogens is 198 g/mol. The van der Waals surface area contributed by atoms with E-state index in [2.05, 4.69) is 14.9 Å². The van der Waals surface area contributed by atoms with E-state index in [9.17, 15) is 0 Å². The molecule has 1 aromatic heterocycles. The van der Waals surface area contributed by atoms with Crippen molar-refractivity contribution in [3.8, 4) is 0 Å². The normalized spacial score (nSPS) is 29.9. The minimum absolute atomic E-state index is 0.540. The smallest absolute Gasteiger partial charge is 0.134 e. The van der Waals surface area contributed by atoms with Crippen LogP contribution in [-0.4, -0.2) is 22.6 Å². The zero-order valence-corrected chi connectivity index (χ0v) is 8.61. The summed E-state index contributed by atoms with van der Waals surface area (Å²) < 4.78 is 0. The van der Waals surface area contributed by atoms with E-state index in [0.717, 1.165) is 18.3 Å². The van der Waals surface area contributed by atoms with Crippen molar-refractivity contribution in [1.29, 1.82) is 0 Å². The van der Waals surface area contributed by atoms with E-state index in [1.165, 1.54) is 19.3 Å². The van der Waals surface area contributed by atoms with Gasteiger partial charge in [-0.15, -0.1) is 0 Å². The van der Waals surface area contributed by atoms with Gasteiger partial charge in [-0.25, -0.2) is 9.97 Å². The molecule has 0 spiro atoms. The number of anilines is 1. The zero-order valence-electron chi connectivity index (χ0n) is 7.86. The van der Waals surface area contributed by atoms with E-state index in [4.69, 9.17) is 11.6 Å². The first-order valence-corrected chi connectivity index (χ1v) is 5.45. The SMILES string of the molecule is Clc1cc(N2CC3CCC2C3)ncn1. The maximum Gasteiger partial charge on any atom is 0.134 e. The first kappa shape index (κ1) is 8.48. The first-order valence-electron chi connectivity index (χ1n) is 5.07. The highest BCUT2D eigenvalue weighted by atomic mass is 35.5. The Morgan fingerprint density at radius 2 is 2.29 bits per heavy atom. The number of nitrogens with zero attached hydrogens (tertiary/aromatic N) is 3. The number of aromatic nitrogens is 2. The van der Waals surface area contributed by atoms with Crippen LogP contribution in [0.4, 0.5) is 5.82 Å². The Balaban J connectivity index is 1.89. The summed E-state index contributed by atoms with van der Waals surface area (Å²) in [6, 6.07) is 2.56. The summed E-state index contributed by atoms with van der Waals surface area (Å²) in [5.74, 6) is 1.88. The molecule has 1 aliphatic carbocycles. The lowest BCUT2D eigenvalue weighted by Gasteiger charge is -2.27. The maximum absolute atomic E-state index is 5.85. The molecule has 2 aliphatic rings. The third-order valence-corrected chi connectivity index (χ3v) is 3.53. The Kier molecular flexibility index (Phi) is 1.87. The third-order valence-electron chi connectivity index (χ3n) is 3.32. The molecule has 0 radical (unpaired) electrons. The largest absolute Gasteiger partial charge is 0.353 e. The molecule has 3 rings (SSSR count). The molecule has 2 bridgehead atoms. The second kappa shape index (κ2) is 3.09. The van der Waals surface area contributed by atoms with E-state index in [1.54, 1.807) is 6.33 Å². The monoisotopic (exact) mass is 209 g/mol. The van der Waals surface area contributed by atoms with Crippen molar-refractivity contribution in [2.24, 2.45) is 5.92 Å². The molecule has 2 atom stereocenters. The highest BCUT2D eigenvalue weighted by Crippen LogP contribution is 2.39. The standard InChI is InChI=1S/C10H12ClN3/c11-9-4-10(13-6-12-9)14-5-7-1-2-8(14)3-7/h4,6-8H,1-3,5H2. The third kappa shape index (κ3) is 1.27. The highest BCUT2D eigenvalue weighted by molar-refractivity contribution is 6.29. The van der Waals surface area contributed by atoms with Crippen LogP contribution in [0.3, 0.4) is 0 Å². The lowest BCUT2D eigenvalue weighted by molar-refractivity contribution is 0.550. The molecule has 0 N–H and O–H groups in total. The number of halogens is 1. The van der Waals surface area contributed by atoms with E-state index in [-0.39, 0.29) is 0 Å². The number of rotatable bonds is 1. The second-order valence-corrected chi connectivity index (χ2v) is 4.57. The molecule has 1 aliphatic heterocycles. The number of hydrogen-bond donors (Lipinski definition) is 0. The molecule has 2 fully saturated rings. The van der Waals surface area contributed by atoms with Gasteiger partial charge >= 0.3 is 0 Å². The van der Waals surface area contributed by atoms with Crippen LogP contribution in [0.25, 0.3) is 0 Å². The average molecular weight is 210 g/mol. The van der Waals surface area contributed by atoms with Gasteiger partial charge in [0.05, 0.1) is 0 Å². The van der Waals surface area contributed by atoms with Gasteiger partial charge in [-0.2, -0.15) is 0 Å². The minimum Gasteiger partial charge on any atom is -0.353 e. The van der Waals surface area contributed by atoms with Crippen LogP contribution in [0.5, 0.6) is 0 Å². The van der Waals surface area contributed by atoms with Crippen LogP contribution >= 0.6 is 11.6 Å². The summed E-state index contributed by atoms with van der Waals surface area (Å²) in [6.45, 7) is 1.15. The topological polar surface area (TPSA) is 29.0 Å². The van der Waals surface area contributed by atoms with E-state index in [1.807, 2.05) is 6.07 Å². The fourth-order valence-corrected chi connectivity index (χ4v) is 2.83. The van der Waals surface area contributed by atoms with Crippen molar-refractivity contribution < 1.29 is 0 Å². The van der Waals surface area contributed by atoms with Gasteiger partial charge in [-0.1, -0.05) is 11.6 Å². The van der Waals surface area contributed by atoms with Gasteiger partial charge in [-0.05, 0) is 25.2 Å². The van der Waals surface area contributed by atoms with Gasteiger partial charge in [0.15, 0.2) is 0 Å². The predicted octanol–water partition coefficient (Wildman–Crippen LogP) is 2.12. The Bertz CT molecular complexity index is 355. The van der Waals surface area contributed by atoms with Crippen LogP contribution in [0.15, 0.2) is 12.4 Å². The van der Waals surface area contributed by atoms with Crippen molar-refractivity contribution in [2.45, 2.75) is 25.3 Å². The molecular formula is C10H12ClN3. The molecule has 0 aromatic carbocycles. The number of fused-ring (bicyclic) bond motifs is 2. The van der Waals surface area contributed by atoms with Crippen LogP contribution < -0.4 is 4.90 Å². The van der Waals surface area contributed by atoms with Crippen molar-refractivity contribution >= 4 is 17.4 Å². The van der Waals surface area contributed by atoms with Crippen molar-refractivity contribution in [1.82, 2.24) is 9.97 Å². The summed E-state index contributed by atoms with van der Waals surface area (Å²) in [7, 11) is 0. The van der Waals surface area contributed by atoms with Gasteiger partial charge in [0.25, 0.3) is 0 Å². The zero-order chi connectivity index (χ0) is 9.54. The molecule has 1 aromatic rings. The van der Waals surface area contributed by atoms with Crippen LogP contribution in [0.2, 0.25) is 5.15 Å². The Morgan fingerprint density at radius 1 is 1.36 bits per heavy atom. The summed E-state index contributed by atoms with van der Waals surface area (Å²) in [6.07, 6.45) is 5.58. The Morgan fingerprint density at radius 3 is 2.93 bits per heavy atom. The van der Waals surface area contributed by atoms with Gasteiger partial charge in [0.2, 0.25) is 0 Å². The molecule has 14 heavy (non-hydrogen) atoms. The van der Waals surface area contributed by atoms with Crippen molar-refractivity contribution in [3.05, 3.63) is 17.5 Å². The maximum atomic E-state index is 5.85. The first-order chi connectivity index (χ1) is 6.83. The molecule has 4 heteroatoms. The van der Waals surface area contributed by atoms with Crippen LogP contribution in [0, 0.1) is 5.92 Å². The molecule has 2 unspecified atom stereocenters. The average Bonchev–Trinajstić information content (AvgIpc) is 2.78. The lowest BCUT2D eigenvalue weighted by atomic mass is 10.1. The van der Waals surface area contributed by atoms with E-state index < -0.39 is 0 Å². The Labute approximate surface area is 88.1 Å². The number of hydrogen-bond acceptors (Lipinski definition) is 3. The molecule has 74 valence electrons. The van der Waals surface area contributed by atoms with Crippen LogP contribution in [0.1, 0.15) is 19.3 Å². The van der Waals surface area contributed by atoms with Gasteiger partial charge < -0.3 is 4.90 Å². The summed E-state index contributed by atoms with van der Waals surface area (Å²) >= 11 is 5.85. The summed E-state index contributed by atoms with van der Waals surface area (Å²) in [5, 5.41) is 0.540. The fourth-order valence-electron chi connectivity index (χ4n) is 2.69. The molecule has 2 heterocycles. The number of piperidine rings is 1. The predicted molar refractivity (Wildman–Crippen MR) is 55.5 cm³/mol. The Hall–Kier alpha value is -0.830. The van der Waals surface area contributed by atoms with Gasteiger partial charge in [-0.3, -0.25) is 0 Å². The highest BCUT2D eigenvalue weighted by Gasteiger charge is 2.38. The summed E-state index contributed by atoms with van der Waals surface area (Å²) in [4.78, 5) is 10.5. The molecule has 3 nitrogen and oxygen atoms in total. The van der Waals surface area contributed by atoms with E-state index in [0.29, 0.717) is 11.2 Å². The molecule has 1 saturated heterocycles. The molecule has 1 saturated carbocycles. The van der Waals surface area contributed by atoms with Gasteiger partial charge in [0, 0.05) is 18.7 Å². The van der Waals surface area contributed by atoms with E-state index >= 15 is 0 Å². The van der Waals surface area contributed by atoms with Crippen molar-refractivity contribution in [2.75, 3.05) is 11.4 Å².